The fraction of sp³-hybridized carbons (Fsp3) is 0.333. The van der Waals surface area contributed by atoms with Gasteiger partial charge < -0.3 is 10.4 Å². The normalized spacial score (nSPS) is 16.1. The molecule has 20 heavy (non-hydrogen) atoms. The predicted molar refractivity (Wildman–Crippen MR) is 78.2 cm³/mol. The number of hydrogen-bond acceptors (Lipinski definition) is 3. The lowest BCUT2D eigenvalue weighted by Gasteiger charge is -2.10. The van der Waals surface area contributed by atoms with Gasteiger partial charge in [-0.3, -0.25) is 9.59 Å². The summed E-state index contributed by atoms with van der Waals surface area (Å²) in [5.41, 5.74) is 1.07. The molecule has 3 rings (SSSR count). The number of aliphatic carboxylic acids is 1. The van der Waals surface area contributed by atoms with E-state index in [2.05, 4.69) is 11.4 Å². The Hall–Kier alpha value is -1.88. The molecule has 1 heterocycles. The lowest BCUT2D eigenvalue weighted by atomic mass is 10.1. The summed E-state index contributed by atoms with van der Waals surface area (Å²) in [5, 5.41) is 14.6. The van der Waals surface area contributed by atoms with Crippen molar-refractivity contribution in [1.82, 2.24) is 5.32 Å². The molecule has 0 atom stereocenters. The SMILES string of the molecule is Cc1ccc2c(C(=O)NCC3(C(=O)O)CC3)csc2c1. The maximum atomic E-state index is 12.2. The molecule has 0 aliphatic heterocycles. The van der Waals surface area contributed by atoms with E-state index in [0.29, 0.717) is 18.4 Å². The van der Waals surface area contributed by atoms with E-state index >= 15 is 0 Å². The van der Waals surface area contributed by atoms with Gasteiger partial charge in [-0.05, 0) is 31.4 Å². The number of benzene rings is 1. The molecule has 2 aromatic rings. The molecule has 1 saturated carbocycles. The Bertz CT molecular complexity index is 700. The largest absolute Gasteiger partial charge is 0.481 e. The standard InChI is InChI=1S/C15H15NO3S/c1-9-2-3-10-11(7-20-12(10)6-9)13(17)16-8-15(4-5-15)14(18)19/h2-3,6-7H,4-5,8H2,1H3,(H,16,17)(H,18,19). The maximum absolute atomic E-state index is 12.2. The smallest absolute Gasteiger partial charge is 0.311 e. The van der Waals surface area contributed by atoms with Crippen molar-refractivity contribution in [3.05, 3.63) is 34.7 Å². The molecule has 0 saturated heterocycles. The molecule has 0 radical (unpaired) electrons. The average molecular weight is 289 g/mol. The van der Waals surface area contributed by atoms with Crippen molar-refractivity contribution in [3.63, 3.8) is 0 Å². The van der Waals surface area contributed by atoms with Gasteiger partial charge in [0.2, 0.25) is 0 Å². The van der Waals surface area contributed by atoms with E-state index in [1.807, 2.05) is 24.4 Å². The highest BCUT2D eigenvalue weighted by molar-refractivity contribution is 7.17. The molecule has 1 aromatic heterocycles. The number of amides is 1. The first-order valence-electron chi connectivity index (χ1n) is 6.51. The van der Waals surface area contributed by atoms with Crippen LogP contribution in [0.5, 0.6) is 0 Å². The summed E-state index contributed by atoms with van der Waals surface area (Å²) in [5.74, 6) is -1.00. The minimum Gasteiger partial charge on any atom is -0.481 e. The quantitative estimate of drug-likeness (QED) is 0.909. The second-order valence-electron chi connectivity index (χ2n) is 5.42. The fourth-order valence-electron chi connectivity index (χ4n) is 2.27. The number of nitrogens with one attached hydrogen (secondary N) is 1. The molecule has 2 N–H and O–H groups in total. The van der Waals surface area contributed by atoms with Gasteiger partial charge in [0.1, 0.15) is 0 Å². The molecule has 1 aliphatic rings. The Morgan fingerprint density at radius 3 is 2.80 bits per heavy atom. The number of carbonyl (C=O) groups is 2. The Morgan fingerprint density at radius 1 is 1.40 bits per heavy atom. The van der Waals surface area contributed by atoms with E-state index in [4.69, 9.17) is 5.11 Å². The summed E-state index contributed by atoms with van der Waals surface area (Å²) in [4.78, 5) is 23.3. The van der Waals surface area contributed by atoms with Crippen LogP contribution in [-0.2, 0) is 4.79 Å². The van der Waals surface area contributed by atoms with Gasteiger partial charge in [-0.15, -0.1) is 11.3 Å². The molecule has 1 aliphatic carbocycles. The number of fused-ring (bicyclic) bond motifs is 1. The second-order valence-corrected chi connectivity index (χ2v) is 6.33. The maximum Gasteiger partial charge on any atom is 0.311 e. The lowest BCUT2D eigenvalue weighted by molar-refractivity contribution is -0.143. The van der Waals surface area contributed by atoms with E-state index in [-0.39, 0.29) is 12.5 Å². The first-order chi connectivity index (χ1) is 9.52. The highest BCUT2D eigenvalue weighted by atomic mass is 32.1. The lowest BCUT2D eigenvalue weighted by Crippen LogP contribution is -2.34. The van der Waals surface area contributed by atoms with Crippen LogP contribution >= 0.6 is 11.3 Å². The number of carboxylic acid groups (broad SMARTS) is 1. The Kier molecular flexibility index (Phi) is 3.01. The topological polar surface area (TPSA) is 66.4 Å². The van der Waals surface area contributed by atoms with Crippen LogP contribution in [0.4, 0.5) is 0 Å². The molecule has 4 nitrogen and oxygen atoms in total. The highest BCUT2D eigenvalue weighted by Gasteiger charge is 2.50. The zero-order valence-corrected chi connectivity index (χ0v) is 11.9. The van der Waals surface area contributed by atoms with E-state index in [9.17, 15) is 9.59 Å². The number of carbonyl (C=O) groups excluding carboxylic acids is 1. The minimum atomic E-state index is -0.816. The van der Waals surface area contributed by atoms with Crippen molar-refractivity contribution >= 4 is 33.3 Å². The Morgan fingerprint density at radius 2 is 2.15 bits per heavy atom. The number of hydrogen-bond donors (Lipinski definition) is 2. The van der Waals surface area contributed by atoms with Gasteiger partial charge in [-0.25, -0.2) is 0 Å². The summed E-state index contributed by atoms with van der Waals surface area (Å²) in [6.45, 7) is 2.23. The second kappa shape index (κ2) is 4.59. The van der Waals surface area contributed by atoms with E-state index in [0.717, 1.165) is 15.6 Å². The van der Waals surface area contributed by atoms with Gasteiger partial charge >= 0.3 is 5.97 Å². The zero-order chi connectivity index (χ0) is 14.3. The van der Waals surface area contributed by atoms with Crippen molar-refractivity contribution in [2.24, 2.45) is 5.41 Å². The number of carboxylic acids is 1. The van der Waals surface area contributed by atoms with Crippen LogP contribution in [0.15, 0.2) is 23.6 Å². The van der Waals surface area contributed by atoms with E-state index < -0.39 is 11.4 Å². The fourth-order valence-corrected chi connectivity index (χ4v) is 3.31. The van der Waals surface area contributed by atoms with Crippen molar-refractivity contribution in [3.8, 4) is 0 Å². The first-order valence-corrected chi connectivity index (χ1v) is 7.39. The molecular formula is C15H15NO3S. The third kappa shape index (κ3) is 2.18. The van der Waals surface area contributed by atoms with E-state index in [1.54, 1.807) is 0 Å². The van der Waals surface area contributed by atoms with Crippen LogP contribution in [0, 0.1) is 12.3 Å². The zero-order valence-electron chi connectivity index (χ0n) is 11.1. The summed E-state index contributed by atoms with van der Waals surface area (Å²) < 4.78 is 1.08. The molecule has 1 fully saturated rings. The van der Waals surface area contributed by atoms with Gasteiger partial charge in [-0.1, -0.05) is 12.1 Å². The molecule has 1 amide bonds. The first kappa shape index (κ1) is 13.1. The van der Waals surface area contributed by atoms with Crippen LogP contribution in [0.2, 0.25) is 0 Å². The molecule has 104 valence electrons. The average Bonchev–Trinajstić information content (AvgIpc) is 3.10. The Balaban J connectivity index is 1.78. The van der Waals surface area contributed by atoms with Crippen LogP contribution in [-0.4, -0.2) is 23.5 Å². The van der Waals surface area contributed by atoms with Gasteiger partial charge in [-0.2, -0.15) is 0 Å². The molecule has 0 spiro atoms. The van der Waals surface area contributed by atoms with Gasteiger partial charge in [0.25, 0.3) is 5.91 Å². The number of thiophene rings is 1. The third-order valence-electron chi connectivity index (χ3n) is 3.87. The van der Waals surface area contributed by atoms with Crippen molar-refractivity contribution in [1.29, 1.82) is 0 Å². The summed E-state index contributed by atoms with van der Waals surface area (Å²) in [7, 11) is 0. The van der Waals surface area contributed by atoms with Crippen LogP contribution in [0.1, 0.15) is 28.8 Å². The van der Waals surface area contributed by atoms with Crippen molar-refractivity contribution < 1.29 is 14.7 Å². The molecule has 5 heteroatoms. The highest BCUT2D eigenvalue weighted by Crippen LogP contribution is 2.45. The van der Waals surface area contributed by atoms with Crippen LogP contribution < -0.4 is 5.32 Å². The molecule has 0 bridgehead atoms. The number of aryl methyl sites for hydroxylation is 1. The summed E-state index contributed by atoms with van der Waals surface area (Å²) >= 11 is 1.53. The van der Waals surface area contributed by atoms with Gasteiger partial charge in [0.15, 0.2) is 0 Å². The molecule has 0 unspecified atom stereocenters. The molecular weight excluding hydrogens is 274 g/mol. The van der Waals surface area contributed by atoms with Crippen molar-refractivity contribution in [2.75, 3.05) is 6.54 Å². The third-order valence-corrected chi connectivity index (χ3v) is 4.82. The summed E-state index contributed by atoms with van der Waals surface area (Å²) in [6.07, 6.45) is 1.29. The minimum absolute atomic E-state index is 0.187. The van der Waals surface area contributed by atoms with Crippen molar-refractivity contribution in [2.45, 2.75) is 19.8 Å². The predicted octanol–water partition coefficient (Wildman–Crippen LogP) is 2.80. The van der Waals surface area contributed by atoms with E-state index in [1.165, 1.54) is 11.3 Å². The van der Waals surface area contributed by atoms with Crippen LogP contribution in [0.25, 0.3) is 10.1 Å². The van der Waals surface area contributed by atoms with Gasteiger partial charge in [0.05, 0.1) is 11.0 Å². The monoisotopic (exact) mass is 289 g/mol. The number of rotatable bonds is 4. The van der Waals surface area contributed by atoms with Crippen LogP contribution in [0.3, 0.4) is 0 Å². The van der Waals surface area contributed by atoms with Gasteiger partial charge in [0, 0.05) is 22.0 Å². The molecule has 1 aromatic carbocycles. The summed E-state index contributed by atoms with van der Waals surface area (Å²) in [6, 6.07) is 5.97. The Labute approximate surface area is 120 Å².